The number of hydrogen-bond acceptors (Lipinski definition) is 3. The van der Waals surface area contributed by atoms with Crippen molar-refractivity contribution >= 4 is 5.97 Å². The van der Waals surface area contributed by atoms with Gasteiger partial charge in [0.2, 0.25) is 0 Å². The maximum Gasteiger partial charge on any atom is 0.320 e. The number of carbonyl (C=O) groups is 1. The molecule has 0 rings (SSSR count). The van der Waals surface area contributed by atoms with Crippen molar-refractivity contribution in [1.82, 2.24) is 5.32 Å². The number of carbonyl (C=O) groups excluding carboxylic acids is 1. The van der Waals surface area contributed by atoms with E-state index >= 15 is 0 Å². The Labute approximate surface area is 92.9 Å². The molecule has 0 spiro atoms. The molecule has 15 heavy (non-hydrogen) atoms. The van der Waals surface area contributed by atoms with E-state index in [-0.39, 0.29) is 12.5 Å². The quantitative estimate of drug-likeness (QED) is 0.543. The van der Waals surface area contributed by atoms with Gasteiger partial charge in [-0.1, -0.05) is 6.08 Å². The minimum Gasteiger partial charge on any atom is -0.459 e. The van der Waals surface area contributed by atoms with Crippen LogP contribution in [-0.4, -0.2) is 24.2 Å². The van der Waals surface area contributed by atoms with Crippen molar-refractivity contribution in [2.45, 2.75) is 52.2 Å². The minimum atomic E-state index is -0.400. The molecule has 0 amide bonds. The number of esters is 1. The van der Waals surface area contributed by atoms with Crippen molar-refractivity contribution in [2.75, 3.05) is 6.54 Å². The Morgan fingerprint density at radius 1 is 1.53 bits per heavy atom. The Hall–Kier alpha value is -0.830. The van der Waals surface area contributed by atoms with Crippen LogP contribution >= 0.6 is 0 Å². The lowest BCUT2D eigenvalue weighted by atomic mass is 10.2. The smallest absolute Gasteiger partial charge is 0.320 e. The third-order valence-electron chi connectivity index (χ3n) is 1.82. The number of nitrogens with one attached hydrogen (secondary N) is 1. The van der Waals surface area contributed by atoms with Crippen LogP contribution in [0.2, 0.25) is 0 Å². The van der Waals surface area contributed by atoms with Gasteiger partial charge >= 0.3 is 5.97 Å². The van der Waals surface area contributed by atoms with Crippen LogP contribution in [0.15, 0.2) is 12.7 Å². The van der Waals surface area contributed by atoms with Gasteiger partial charge in [0.15, 0.2) is 0 Å². The molecule has 0 saturated heterocycles. The summed E-state index contributed by atoms with van der Waals surface area (Å²) in [6, 6.07) is 0.315. The van der Waals surface area contributed by atoms with E-state index in [0.717, 1.165) is 12.8 Å². The van der Waals surface area contributed by atoms with Crippen molar-refractivity contribution in [3.05, 3.63) is 12.7 Å². The lowest BCUT2D eigenvalue weighted by Gasteiger charge is -2.20. The third kappa shape index (κ3) is 9.47. The van der Waals surface area contributed by atoms with Gasteiger partial charge in [-0.2, -0.15) is 0 Å². The molecule has 3 nitrogen and oxygen atoms in total. The minimum absolute atomic E-state index is 0.201. The maximum atomic E-state index is 11.3. The highest BCUT2D eigenvalue weighted by atomic mass is 16.6. The van der Waals surface area contributed by atoms with E-state index in [1.807, 2.05) is 33.8 Å². The van der Waals surface area contributed by atoms with Crippen LogP contribution in [0.1, 0.15) is 40.5 Å². The SMILES string of the molecule is C=CCCC(C)NCC(=O)OC(C)(C)C. The zero-order valence-electron chi connectivity index (χ0n) is 10.3. The molecule has 0 aromatic rings. The molecule has 1 atom stereocenters. The molecule has 0 saturated carbocycles. The number of rotatable bonds is 6. The normalized spacial score (nSPS) is 13.3. The molecule has 3 heteroatoms. The first kappa shape index (κ1) is 14.2. The molecular formula is C12H23NO2. The average Bonchev–Trinajstić information content (AvgIpc) is 2.08. The first-order valence-corrected chi connectivity index (χ1v) is 5.41. The van der Waals surface area contributed by atoms with Crippen molar-refractivity contribution in [3.63, 3.8) is 0 Å². The molecule has 1 unspecified atom stereocenters. The zero-order chi connectivity index (χ0) is 11.9. The molecule has 0 radical (unpaired) electrons. The average molecular weight is 213 g/mol. The highest BCUT2D eigenvalue weighted by Gasteiger charge is 2.16. The second-order valence-corrected chi connectivity index (χ2v) is 4.73. The summed E-state index contributed by atoms with van der Waals surface area (Å²) in [6.07, 6.45) is 3.83. The van der Waals surface area contributed by atoms with Gasteiger partial charge in [0.25, 0.3) is 0 Å². The van der Waals surface area contributed by atoms with Crippen LogP contribution in [0.25, 0.3) is 0 Å². The lowest BCUT2D eigenvalue weighted by Crippen LogP contribution is -2.35. The fourth-order valence-electron chi connectivity index (χ4n) is 1.11. The van der Waals surface area contributed by atoms with Crippen molar-refractivity contribution in [1.29, 1.82) is 0 Å². The molecule has 0 heterocycles. The summed E-state index contributed by atoms with van der Waals surface area (Å²) >= 11 is 0. The van der Waals surface area contributed by atoms with Crippen LogP contribution in [0, 0.1) is 0 Å². The fraction of sp³-hybridized carbons (Fsp3) is 0.750. The summed E-state index contributed by atoms with van der Waals surface area (Å²) in [5.41, 5.74) is -0.400. The highest BCUT2D eigenvalue weighted by molar-refractivity contribution is 5.72. The van der Waals surface area contributed by atoms with Gasteiger partial charge in [-0.15, -0.1) is 6.58 Å². The van der Waals surface area contributed by atoms with Crippen LogP contribution in [-0.2, 0) is 9.53 Å². The molecule has 0 fully saturated rings. The van der Waals surface area contributed by atoms with E-state index in [1.54, 1.807) is 0 Å². The first-order valence-electron chi connectivity index (χ1n) is 5.41. The fourth-order valence-corrected chi connectivity index (χ4v) is 1.11. The van der Waals surface area contributed by atoms with Gasteiger partial charge in [-0.05, 0) is 40.5 Å². The van der Waals surface area contributed by atoms with Gasteiger partial charge in [-0.25, -0.2) is 0 Å². The second-order valence-electron chi connectivity index (χ2n) is 4.73. The Bertz CT molecular complexity index is 206. The van der Waals surface area contributed by atoms with Gasteiger partial charge in [0.05, 0.1) is 6.54 Å². The lowest BCUT2D eigenvalue weighted by molar-refractivity contribution is -0.153. The van der Waals surface area contributed by atoms with E-state index in [9.17, 15) is 4.79 Å². The summed E-state index contributed by atoms with van der Waals surface area (Å²) in [4.78, 5) is 11.3. The summed E-state index contributed by atoms with van der Waals surface area (Å²) in [5, 5.41) is 3.12. The van der Waals surface area contributed by atoms with Crippen LogP contribution in [0.3, 0.4) is 0 Å². The van der Waals surface area contributed by atoms with Gasteiger partial charge in [0, 0.05) is 6.04 Å². The van der Waals surface area contributed by atoms with E-state index in [2.05, 4.69) is 11.9 Å². The van der Waals surface area contributed by atoms with E-state index in [0.29, 0.717) is 6.04 Å². The second kappa shape index (κ2) is 6.62. The summed E-state index contributed by atoms with van der Waals surface area (Å²) in [7, 11) is 0. The molecule has 88 valence electrons. The zero-order valence-corrected chi connectivity index (χ0v) is 10.3. The Balaban J connectivity index is 3.66. The molecule has 0 aliphatic carbocycles. The molecular weight excluding hydrogens is 190 g/mol. The van der Waals surface area contributed by atoms with Crippen molar-refractivity contribution in [2.24, 2.45) is 0 Å². The molecule has 0 aromatic carbocycles. The van der Waals surface area contributed by atoms with Gasteiger partial charge in [-0.3, -0.25) is 4.79 Å². The Morgan fingerprint density at radius 3 is 2.60 bits per heavy atom. The summed E-state index contributed by atoms with van der Waals surface area (Å²) in [6.45, 7) is 11.6. The molecule has 0 bridgehead atoms. The van der Waals surface area contributed by atoms with Crippen LogP contribution in [0.5, 0.6) is 0 Å². The predicted molar refractivity (Wildman–Crippen MR) is 62.7 cm³/mol. The van der Waals surface area contributed by atoms with Gasteiger partial charge < -0.3 is 10.1 Å². The first-order chi connectivity index (χ1) is 6.85. The van der Waals surface area contributed by atoms with E-state index in [4.69, 9.17) is 4.74 Å². The Morgan fingerprint density at radius 2 is 2.13 bits per heavy atom. The van der Waals surface area contributed by atoms with Gasteiger partial charge in [0.1, 0.15) is 5.60 Å². The monoisotopic (exact) mass is 213 g/mol. The number of hydrogen-bond donors (Lipinski definition) is 1. The van der Waals surface area contributed by atoms with Crippen molar-refractivity contribution < 1.29 is 9.53 Å². The summed E-state index contributed by atoms with van der Waals surface area (Å²) < 4.78 is 5.17. The van der Waals surface area contributed by atoms with E-state index in [1.165, 1.54) is 0 Å². The van der Waals surface area contributed by atoms with Crippen molar-refractivity contribution in [3.8, 4) is 0 Å². The molecule has 1 N–H and O–H groups in total. The van der Waals surface area contributed by atoms with E-state index < -0.39 is 5.60 Å². The summed E-state index contributed by atoms with van der Waals surface area (Å²) in [5.74, 6) is -0.201. The van der Waals surface area contributed by atoms with Crippen LogP contribution in [0.4, 0.5) is 0 Å². The molecule has 0 aliphatic rings. The predicted octanol–water partition coefficient (Wildman–Crippen LogP) is 2.27. The highest BCUT2D eigenvalue weighted by Crippen LogP contribution is 2.06. The topological polar surface area (TPSA) is 38.3 Å². The Kier molecular flexibility index (Phi) is 6.25. The number of ether oxygens (including phenoxy) is 1. The maximum absolute atomic E-state index is 11.3. The number of allylic oxidation sites excluding steroid dienone is 1. The molecule has 0 aromatic heterocycles. The van der Waals surface area contributed by atoms with Crippen LogP contribution < -0.4 is 5.32 Å². The molecule has 0 aliphatic heterocycles. The third-order valence-corrected chi connectivity index (χ3v) is 1.82. The standard InChI is InChI=1S/C12H23NO2/c1-6-7-8-10(2)13-9-11(14)15-12(3,4)5/h6,10,13H,1,7-9H2,2-5H3. The largest absolute Gasteiger partial charge is 0.459 e.